The molecule has 0 radical (unpaired) electrons. The number of anilines is 1. The van der Waals surface area contributed by atoms with E-state index in [9.17, 15) is 4.79 Å². The van der Waals surface area contributed by atoms with Crippen molar-refractivity contribution in [3.05, 3.63) is 161 Å². The number of hydrogen-bond acceptors (Lipinski definition) is 5. The van der Waals surface area contributed by atoms with Crippen molar-refractivity contribution in [3.8, 4) is 17.2 Å². The zero-order valence-corrected chi connectivity index (χ0v) is 24.3. The Hall–Kier alpha value is -5.88. The number of carbonyl (C=O) groups is 1. The lowest BCUT2D eigenvalue weighted by Crippen LogP contribution is -2.11. The average molecular weight is 588 g/mol. The Bertz CT molecular complexity index is 2100. The number of nitrogens with zero attached hydrogens (tertiary/aromatic N) is 1. The molecule has 8 rings (SSSR count). The Morgan fingerprint density at radius 1 is 0.778 bits per heavy atom. The van der Waals surface area contributed by atoms with Gasteiger partial charge in [0.15, 0.2) is 11.8 Å². The number of amides is 1. The average Bonchev–Trinajstić information content (AvgIpc) is 3.73. The van der Waals surface area contributed by atoms with Gasteiger partial charge >= 0.3 is 0 Å². The van der Waals surface area contributed by atoms with E-state index in [1.165, 1.54) is 0 Å². The predicted octanol–water partition coefficient (Wildman–Crippen LogP) is 8.75. The molecular weight excluding hydrogens is 558 g/mol. The van der Waals surface area contributed by atoms with Crippen molar-refractivity contribution in [3.63, 3.8) is 0 Å². The zero-order chi connectivity index (χ0) is 30.3. The van der Waals surface area contributed by atoms with Crippen LogP contribution in [0.5, 0.6) is 5.75 Å². The second-order valence-electron chi connectivity index (χ2n) is 11.4. The van der Waals surface area contributed by atoms with Gasteiger partial charge in [0.25, 0.3) is 0 Å². The number of ether oxygens (including phenoxy) is 1. The molecule has 0 saturated heterocycles. The van der Waals surface area contributed by atoms with Crippen LogP contribution in [-0.4, -0.2) is 10.9 Å². The number of primary amides is 1. The maximum absolute atomic E-state index is 12.0. The summed E-state index contributed by atoms with van der Waals surface area (Å²) >= 11 is 0. The number of para-hydroxylation sites is 4. The van der Waals surface area contributed by atoms with Gasteiger partial charge in [-0.25, -0.2) is 4.98 Å². The second-order valence-corrected chi connectivity index (χ2v) is 11.4. The molecule has 0 bridgehead atoms. The Balaban J connectivity index is 1.18. The lowest BCUT2D eigenvalue weighted by molar-refractivity contribution is 0.1000. The van der Waals surface area contributed by atoms with Gasteiger partial charge in [-0.1, -0.05) is 78.9 Å². The van der Waals surface area contributed by atoms with Crippen LogP contribution in [-0.2, 0) is 0 Å². The molecule has 218 valence electrons. The summed E-state index contributed by atoms with van der Waals surface area (Å²) in [4.78, 5) is 16.8. The summed E-state index contributed by atoms with van der Waals surface area (Å²) in [5, 5.41) is 3.48. The molecule has 1 aliphatic heterocycles. The van der Waals surface area contributed by atoms with Crippen molar-refractivity contribution in [1.29, 1.82) is 0 Å². The first-order valence-corrected chi connectivity index (χ1v) is 15.0. The second kappa shape index (κ2) is 11.0. The topological polar surface area (TPSA) is 90.4 Å². The summed E-state index contributed by atoms with van der Waals surface area (Å²) in [6.07, 6.45) is 5.03. The SMILES string of the molecule is NC(=O)c1cccc(C2=CC(c3cccc(C4Nc5ccccc5O4)c3)=CC(c3cccc(-c4nc5ccccc5o4)c3)C2)c1. The molecule has 0 fully saturated rings. The summed E-state index contributed by atoms with van der Waals surface area (Å²) in [5.74, 6) is 1.07. The van der Waals surface area contributed by atoms with E-state index < -0.39 is 5.91 Å². The van der Waals surface area contributed by atoms with E-state index in [1.54, 1.807) is 6.07 Å². The predicted molar refractivity (Wildman–Crippen MR) is 178 cm³/mol. The number of oxazole rings is 1. The molecule has 2 heterocycles. The van der Waals surface area contributed by atoms with Crippen LogP contribution < -0.4 is 15.8 Å². The minimum Gasteiger partial charge on any atom is -0.464 e. The van der Waals surface area contributed by atoms with Crippen LogP contribution >= 0.6 is 0 Å². The highest BCUT2D eigenvalue weighted by molar-refractivity contribution is 5.95. The number of rotatable bonds is 6. The van der Waals surface area contributed by atoms with E-state index in [2.05, 4.69) is 59.9 Å². The molecule has 2 aliphatic rings. The third-order valence-corrected chi connectivity index (χ3v) is 8.46. The van der Waals surface area contributed by atoms with Crippen molar-refractivity contribution in [2.45, 2.75) is 18.6 Å². The van der Waals surface area contributed by atoms with Gasteiger partial charge < -0.3 is 20.2 Å². The molecule has 2 unspecified atom stereocenters. The third-order valence-electron chi connectivity index (χ3n) is 8.46. The van der Waals surface area contributed by atoms with Gasteiger partial charge in [-0.15, -0.1) is 0 Å². The van der Waals surface area contributed by atoms with E-state index >= 15 is 0 Å². The number of fused-ring (bicyclic) bond motifs is 2. The fourth-order valence-electron chi connectivity index (χ4n) is 6.19. The molecule has 0 saturated carbocycles. The van der Waals surface area contributed by atoms with E-state index in [4.69, 9.17) is 19.9 Å². The van der Waals surface area contributed by atoms with Gasteiger partial charge in [0.05, 0.1) is 5.69 Å². The number of hydrogen-bond donors (Lipinski definition) is 2. The molecule has 1 aromatic heterocycles. The number of aromatic nitrogens is 1. The smallest absolute Gasteiger partial charge is 0.248 e. The van der Waals surface area contributed by atoms with Gasteiger partial charge in [0.2, 0.25) is 11.8 Å². The van der Waals surface area contributed by atoms with Crippen LogP contribution in [0.3, 0.4) is 0 Å². The van der Waals surface area contributed by atoms with Gasteiger partial charge in [-0.05, 0) is 88.9 Å². The van der Waals surface area contributed by atoms with Crippen LogP contribution in [0.15, 0.2) is 138 Å². The molecule has 6 heteroatoms. The van der Waals surface area contributed by atoms with Gasteiger partial charge in [-0.2, -0.15) is 0 Å². The molecular formula is C39H29N3O3. The fraction of sp³-hybridized carbons (Fsp3) is 0.0769. The summed E-state index contributed by atoms with van der Waals surface area (Å²) in [6.45, 7) is 0. The molecule has 1 amide bonds. The lowest BCUT2D eigenvalue weighted by Gasteiger charge is -2.24. The molecule has 3 N–H and O–H groups in total. The minimum atomic E-state index is -0.440. The third kappa shape index (κ3) is 5.17. The van der Waals surface area contributed by atoms with Gasteiger partial charge in [-0.3, -0.25) is 4.79 Å². The molecule has 6 nitrogen and oxygen atoms in total. The monoisotopic (exact) mass is 587 g/mol. The lowest BCUT2D eigenvalue weighted by atomic mass is 9.80. The first-order valence-electron chi connectivity index (χ1n) is 15.0. The van der Waals surface area contributed by atoms with E-state index in [0.29, 0.717) is 11.5 Å². The van der Waals surface area contributed by atoms with Crippen molar-refractivity contribution in [1.82, 2.24) is 4.98 Å². The van der Waals surface area contributed by atoms with Crippen LogP contribution in [0, 0.1) is 0 Å². The van der Waals surface area contributed by atoms with Crippen molar-refractivity contribution >= 4 is 33.8 Å². The van der Waals surface area contributed by atoms with Gasteiger partial charge in [0, 0.05) is 22.6 Å². The molecule has 45 heavy (non-hydrogen) atoms. The van der Waals surface area contributed by atoms with Crippen LogP contribution in [0.4, 0.5) is 5.69 Å². The Morgan fingerprint density at radius 3 is 2.40 bits per heavy atom. The highest BCUT2D eigenvalue weighted by Crippen LogP contribution is 2.42. The number of benzene rings is 5. The molecule has 0 spiro atoms. The van der Waals surface area contributed by atoms with E-state index in [0.717, 1.165) is 67.9 Å². The molecule has 5 aromatic carbocycles. The zero-order valence-electron chi connectivity index (χ0n) is 24.3. The van der Waals surface area contributed by atoms with Crippen LogP contribution in [0.1, 0.15) is 51.2 Å². The Morgan fingerprint density at radius 2 is 1.53 bits per heavy atom. The fourth-order valence-corrected chi connectivity index (χ4v) is 6.19. The molecule has 6 aromatic rings. The normalized spacial score (nSPS) is 17.2. The minimum absolute atomic E-state index is 0.0651. The summed E-state index contributed by atoms with van der Waals surface area (Å²) < 4.78 is 12.3. The Labute approximate surface area is 260 Å². The number of nitrogens with one attached hydrogen (secondary N) is 1. The van der Waals surface area contributed by atoms with Crippen molar-refractivity contribution < 1.29 is 13.9 Å². The maximum atomic E-state index is 12.0. The summed E-state index contributed by atoms with van der Waals surface area (Å²) in [6, 6.07) is 40.2. The number of carbonyl (C=O) groups excluding carboxylic acids is 1. The summed E-state index contributed by atoms with van der Waals surface area (Å²) in [5.41, 5.74) is 16.1. The van der Waals surface area contributed by atoms with Crippen LogP contribution in [0.2, 0.25) is 0 Å². The van der Waals surface area contributed by atoms with Crippen molar-refractivity contribution in [2.24, 2.45) is 5.73 Å². The Kier molecular flexibility index (Phi) is 6.53. The van der Waals surface area contributed by atoms with Crippen molar-refractivity contribution in [2.75, 3.05) is 5.32 Å². The number of nitrogens with two attached hydrogens (primary N) is 1. The molecule has 2 atom stereocenters. The largest absolute Gasteiger partial charge is 0.464 e. The molecule has 1 aliphatic carbocycles. The van der Waals surface area contributed by atoms with Crippen LogP contribution in [0.25, 0.3) is 33.7 Å². The first kappa shape index (κ1) is 26.7. The highest BCUT2D eigenvalue weighted by atomic mass is 16.5. The number of allylic oxidation sites excluding steroid dienone is 4. The quantitative estimate of drug-likeness (QED) is 0.203. The first-order chi connectivity index (χ1) is 22.1. The highest BCUT2D eigenvalue weighted by Gasteiger charge is 2.25. The maximum Gasteiger partial charge on any atom is 0.248 e. The summed E-state index contributed by atoms with van der Waals surface area (Å²) in [7, 11) is 0. The van der Waals surface area contributed by atoms with E-state index in [1.807, 2.05) is 72.8 Å². The van der Waals surface area contributed by atoms with E-state index in [-0.39, 0.29) is 12.1 Å². The standard InChI is InChI=1S/C39H29N3O3/c40-37(43)27-11-5-8-24(18-27)30-21-31(25-9-6-12-28(19-25)38-41-33-14-1-3-16-35(33)44-38)23-32(22-30)26-10-7-13-29(20-26)39-42-34-15-2-4-17-36(34)45-39/h1-21,23,32,38,41H,22H2,(H2,40,43). The van der Waals surface area contributed by atoms with Gasteiger partial charge in [0.1, 0.15) is 11.3 Å².